The summed E-state index contributed by atoms with van der Waals surface area (Å²) in [5, 5.41) is 3.64. The van der Waals surface area contributed by atoms with Gasteiger partial charge in [-0.1, -0.05) is 145 Å². The van der Waals surface area contributed by atoms with Crippen LogP contribution in [0.4, 0.5) is 0 Å². The molecule has 0 aliphatic rings. The molecule has 0 atom stereocenters. The Labute approximate surface area is 302 Å². The smallest absolute Gasteiger partial charge is 0.238 e. The zero-order valence-electron chi connectivity index (χ0n) is 36.2. The van der Waals surface area contributed by atoms with Crippen LogP contribution in [0.15, 0.2) is 176 Å². The van der Waals surface area contributed by atoms with Gasteiger partial charge >= 0.3 is 0 Å². The summed E-state index contributed by atoms with van der Waals surface area (Å²) in [6.07, 6.45) is 0. The molecular weight excluding hydrogens is 611 g/mol. The van der Waals surface area contributed by atoms with Crippen molar-refractivity contribution in [3.05, 3.63) is 176 Å². The summed E-state index contributed by atoms with van der Waals surface area (Å²) in [5.41, 5.74) is 5.67. The van der Waals surface area contributed by atoms with Gasteiger partial charge in [0.1, 0.15) is 0 Å². The van der Waals surface area contributed by atoms with E-state index in [-0.39, 0.29) is 28.7 Å². The average molecular weight is 650 g/mol. The molecule has 0 radical (unpaired) electrons. The van der Waals surface area contributed by atoms with Crippen molar-refractivity contribution in [1.29, 1.82) is 0 Å². The first kappa shape index (κ1) is 19.8. The molecule has 10 rings (SSSR count). The van der Waals surface area contributed by atoms with Crippen LogP contribution >= 0.6 is 0 Å². The molecule has 0 bridgehead atoms. The summed E-state index contributed by atoms with van der Waals surface area (Å²) >= 11 is 0. The Bertz CT molecular complexity index is 3310. The lowest BCUT2D eigenvalue weighted by Crippen LogP contribution is -2.06. The lowest BCUT2D eigenvalue weighted by molar-refractivity contribution is 0.953. The Morgan fingerprint density at radius 2 is 0.900 bits per heavy atom. The summed E-state index contributed by atoms with van der Waals surface area (Å²) in [7, 11) is 0. The monoisotopic (exact) mass is 649 g/mol. The molecule has 0 spiro atoms. The van der Waals surface area contributed by atoms with E-state index in [9.17, 15) is 0 Å². The van der Waals surface area contributed by atoms with E-state index < -0.39 is 60.4 Å². The van der Waals surface area contributed by atoms with Crippen molar-refractivity contribution in [2.24, 2.45) is 0 Å². The van der Waals surface area contributed by atoms with Crippen LogP contribution in [0.25, 0.3) is 89.2 Å². The van der Waals surface area contributed by atoms with Gasteiger partial charge in [0.25, 0.3) is 0 Å². The second kappa shape index (κ2) is 11.4. The quantitative estimate of drug-likeness (QED) is 0.186. The van der Waals surface area contributed by atoms with Crippen molar-refractivity contribution >= 4 is 43.6 Å². The van der Waals surface area contributed by atoms with E-state index in [4.69, 9.17) is 23.7 Å². The van der Waals surface area contributed by atoms with Gasteiger partial charge in [0.2, 0.25) is 5.95 Å². The van der Waals surface area contributed by atoms with Gasteiger partial charge in [-0.05, 0) is 35.9 Å². The Morgan fingerprint density at radius 3 is 1.52 bits per heavy atom. The molecule has 3 aromatic heterocycles. The van der Waals surface area contributed by atoms with E-state index >= 15 is 0 Å². The molecule has 0 amide bonds. The summed E-state index contributed by atoms with van der Waals surface area (Å²) in [6.45, 7) is 0. The third-order valence-electron chi connectivity index (χ3n) is 8.97. The molecule has 0 saturated carbocycles. The van der Waals surface area contributed by atoms with Gasteiger partial charge in [-0.3, -0.25) is 4.57 Å². The lowest BCUT2D eigenvalue weighted by atomic mass is 10.0. The molecule has 0 unspecified atom stereocenters. The number of rotatable bonds is 5. The first-order chi connectivity index (χ1) is 29.0. The van der Waals surface area contributed by atoms with Crippen molar-refractivity contribution in [3.63, 3.8) is 0 Å². The number of hydrogen-bond acceptors (Lipinski definition) is 3. The van der Waals surface area contributed by atoms with Crippen LogP contribution in [0, 0.1) is 0 Å². The van der Waals surface area contributed by atoms with Crippen molar-refractivity contribution in [2.45, 2.75) is 0 Å². The highest BCUT2D eigenvalue weighted by molar-refractivity contribution is 6.29. The molecule has 3 heterocycles. The van der Waals surface area contributed by atoms with Crippen molar-refractivity contribution < 1.29 is 13.7 Å². The van der Waals surface area contributed by atoms with E-state index in [0.29, 0.717) is 11.0 Å². The first-order valence-electron chi connectivity index (χ1n) is 21.0. The minimum absolute atomic E-state index is 0.0580. The number of hydrogen-bond donors (Lipinski definition) is 0. The fraction of sp³-hybridized carbons (Fsp3) is 0. The molecule has 0 N–H and O–H groups in total. The molecule has 7 aromatic carbocycles. The maximum absolute atomic E-state index is 8.81. The molecule has 234 valence electrons. The van der Waals surface area contributed by atoms with Crippen LogP contribution in [-0.2, 0) is 0 Å². The van der Waals surface area contributed by atoms with Crippen LogP contribution in [0.2, 0.25) is 0 Å². The highest BCUT2D eigenvalue weighted by Crippen LogP contribution is 2.43. The van der Waals surface area contributed by atoms with Crippen LogP contribution in [0.3, 0.4) is 0 Å². The molecule has 5 nitrogen and oxygen atoms in total. The lowest BCUT2D eigenvalue weighted by Gasteiger charge is -2.14. The molecular formula is C45H29N5. The van der Waals surface area contributed by atoms with Crippen LogP contribution in [0.1, 0.15) is 13.7 Å². The van der Waals surface area contributed by atoms with Crippen molar-refractivity contribution in [2.75, 3.05) is 0 Å². The number of fused-ring (bicyclic) bond motifs is 7. The van der Waals surface area contributed by atoms with Gasteiger partial charge in [0.05, 0.1) is 41.5 Å². The predicted octanol–water partition coefficient (Wildman–Crippen LogP) is 11.1. The van der Waals surface area contributed by atoms with E-state index in [1.54, 1.807) is 4.57 Å². The van der Waals surface area contributed by atoms with Gasteiger partial charge < -0.3 is 4.57 Å². The molecule has 5 heteroatoms. The average Bonchev–Trinajstić information content (AvgIpc) is 3.79. The maximum Gasteiger partial charge on any atom is 0.238 e. The first-order valence-corrected chi connectivity index (χ1v) is 16.0. The molecule has 0 saturated heterocycles. The van der Waals surface area contributed by atoms with Crippen LogP contribution in [-0.4, -0.2) is 24.1 Å². The van der Waals surface area contributed by atoms with Gasteiger partial charge in [-0.2, -0.15) is 9.97 Å². The fourth-order valence-corrected chi connectivity index (χ4v) is 6.94. The van der Waals surface area contributed by atoms with Crippen molar-refractivity contribution in [3.8, 4) is 45.5 Å². The second-order valence-electron chi connectivity index (χ2n) is 11.7. The zero-order valence-corrected chi connectivity index (χ0v) is 26.2. The summed E-state index contributed by atoms with van der Waals surface area (Å²) in [4.78, 5) is 14.1. The third kappa shape index (κ3) is 4.37. The number of benzene rings is 7. The number of para-hydroxylation sites is 3. The minimum Gasteiger partial charge on any atom is -0.309 e. The Balaban J connectivity index is 1.34. The Kier molecular flexibility index (Phi) is 4.52. The molecule has 0 aliphatic carbocycles. The highest BCUT2D eigenvalue weighted by atomic mass is 15.2. The summed E-state index contributed by atoms with van der Waals surface area (Å²) in [5.74, 6) is -0.725. The van der Waals surface area contributed by atoms with E-state index in [0.717, 1.165) is 49.4 Å². The Morgan fingerprint density at radius 1 is 0.400 bits per heavy atom. The highest BCUT2D eigenvalue weighted by Gasteiger charge is 2.23. The summed E-state index contributed by atoms with van der Waals surface area (Å²) in [6, 6.07) is 32.4. The van der Waals surface area contributed by atoms with Gasteiger partial charge in [-0.25, -0.2) is 4.98 Å². The van der Waals surface area contributed by atoms with Crippen molar-refractivity contribution in [1.82, 2.24) is 24.1 Å². The normalized spacial score (nSPS) is 14.4. The largest absolute Gasteiger partial charge is 0.309 e. The minimum atomic E-state index is -0.609. The van der Waals surface area contributed by atoms with Crippen LogP contribution in [0.5, 0.6) is 0 Å². The topological polar surface area (TPSA) is 48.5 Å². The standard InChI is InChI=1S/C45H29N5/c1-4-16-30(17-5-1)33-22-10-13-25-36(33)49-37-26-14-11-23-34(37)41-39(49)28-29-40-42(41)35-24-12-15-27-38(35)50(40)45-47-43(31-18-6-2-7-19-31)46-44(48-45)32-20-8-3-9-21-32/h1-29H/i2D,3D,6D,7D,8D,9D,18D,19D,20D,21D. The summed E-state index contributed by atoms with van der Waals surface area (Å²) < 4.78 is 89.3. The van der Waals surface area contributed by atoms with E-state index in [1.807, 2.05) is 78.9 Å². The SMILES string of the molecule is [2H]c1c([2H])c([2H])c(-c2nc(-c3c([2H])c([2H])c([2H])c([2H])c3[2H])nc(-n3c4ccccc4c4c5c6ccccc6n(-c6ccccc6-c6ccccc6)c5ccc43)n2)c([2H])c1[2H]. The van der Waals surface area contributed by atoms with Gasteiger partial charge in [-0.15, -0.1) is 0 Å². The molecule has 0 fully saturated rings. The molecule has 50 heavy (non-hydrogen) atoms. The second-order valence-corrected chi connectivity index (χ2v) is 11.7. The Hall–Kier alpha value is -6.85. The van der Waals surface area contributed by atoms with Gasteiger partial charge in [0, 0.05) is 38.2 Å². The third-order valence-corrected chi connectivity index (χ3v) is 8.97. The van der Waals surface area contributed by atoms with E-state index in [2.05, 4.69) is 45.9 Å². The van der Waals surface area contributed by atoms with Crippen LogP contribution < -0.4 is 0 Å². The van der Waals surface area contributed by atoms with E-state index in [1.165, 1.54) is 0 Å². The molecule has 10 aromatic rings. The number of nitrogens with zero attached hydrogens (tertiary/aromatic N) is 5. The number of aromatic nitrogens is 5. The fourth-order valence-electron chi connectivity index (χ4n) is 6.94. The maximum atomic E-state index is 8.81. The molecule has 0 aliphatic heterocycles. The predicted molar refractivity (Wildman–Crippen MR) is 205 cm³/mol. The zero-order chi connectivity index (χ0) is 41.7. The van der Waals surface area contributed by atoms with Gasteiger partial charge in [0.15, 0.2) is 11.6 Å².